The lowest BCUT2D eigenvalue weighted by atomic mass is 10.1. The molecule has 3 aromatic rings. The van der Waals surface area contributed by atoms with E-state index >= 15 is 0 Å². The van der Waals surface area contributed by atoms with E-state index in [-0.39, 0.29) is 36.5 Å². The van der Waals surface area contributed by atoms with Crippen LogP contribution in [0.2, 0.25) is 0 Å². The number of hydrogen-bond acceptors (Lipinski definition) is 6. The summed E-state index contributed by atoms with van der Waals surface area (Å²) in [6, 6.07) is 6.22. The fraction of sp³-hybridized carbons (Fsp3) is 0.190. The van der Waals surface area contributed by atoms with Crippen LogP contribution in [0.15, 0.2) is 41.3 Å². The zero-order valence-electron chi connectivity index (χ0n) is 17.8. The van der Waals surface area contributed by atoms with E-state index in [0.717, 1.165) is 16.4 Å². The number of benzene rings is 2. The largest absolute Gasteiger partial charge is 0.497 e. The van der Waals surface area contributed by atoms with Gasteiger partial charge in [0.1, 0.15) is 17.4 Å². The summed E-state index contributed by atoms with van der Waals surface area (Å²) in [6.45, 7) is -0.166. The Morgan fingerprint density at radius 3 is 2.50 bits per heavy atom. The molecule has 0 radical (unpaired) electrons. The van der Waals surface area contributed by atoms with Gasteiger partial charge in [0.15, 0.2) is 5.82 Å². The third-order valence-corrected chi connectivity index (χ3v) is 7.16. The van der Waals surface area contributed by atoms with Crippen molar-refractivity contribution in [2.75, 3.05) is 19.0 Å². The Bertz CT molecular complexity index is 1390. The molecule has 0 atom stereocenters. The molecule has 34 heavy (non-hydrogen) atoms. The molecule has 4 rings (SSSR count). The predicted octanol–water partition coefficient (Wildman–Crippen LogP) is 1.79. The van der Waals surface area contributed by atoms with Crippen LogP contribution in [0, 0.1) is 11.6 Å². The number of H-pyrrole nitrogens is 1. The molecule has 4 N–H and O–H groups in total. The molecule has 1 aliphatic rings. The lowest BCUT2D eigenvalue weighted by Crippen LogP contribution is -2.36. The molecule has 0 saturated heterocycles. The number of nitrogens with zero attached hydrogens (tertiary/aromatic N) is 2. The van der Waals surface area contributed by atoms with Crippen molar-refractivity contribution in [1.29, 1.82) is 0 Å². The number of nitrogens with two attached hydrogens (primary N) is 1. The summed E-state index contributed by atoms with van der Waals surface area (Å²) in [7, 11) is -2.83. The molecule has 1 aromatic heterocycles. The molecule has 0 aliphatic carbocycles. The standard InChI is InChI=1S/C21H19F2N5O5S/c1-33-13-2-3-15(16(9-13)19(24)29)21(30)25-20-17-10-28(5-4-18(17)26-27-20)34(31,32)14-7-11(22)6-12(23)8-14/h2-3,6-9H,4-5,10H2,1H3,(H2,24,29)(H2,25,26,27,30). The summed E-state index contributed by atoms with van der Waals surface area (Å²) in [5.41, 5.74) is 6.26. The number of primary amides is 1. The monoisotopic (exact) mass is 491 g/mol. The third-order valence-electron chi connectivity index (χ3n) is 5.34. The van der Waals surface area contributed by atoms with E-state index in [1.165, 1.54) is 25.3 Å². The van der Waals surface area contributed by atoms with Gasteiger partial charge in [0.05, 0.1) is 23.1 Å². The first-order valence-corrected chi connectivity index (χ1v) is 11.4. The van der Waals surface area contributed by atoms with Crippen LogP contribution < -0.4 is 15.8 Å². The first-order valence-electron chi connectivity index (χ1n) is 9.91. The number of hydrogen-bond donors (Lipinski definition) is 3. The fourth-order valence-electron chi connectivity index (χ4n) is 3.63. The molecule has 0 bridgehead atoms. The van der Waals surface area contributed by atoms with E-state index in [1.54, 1.807) is 0 Å². The number of aromatic amines is 1. The van der Waals surface area contributed by atoms with Crippen molar-refractivity contribution in [2.45, 2.75) is 17.9 Å². The van der Waals surface area contributed by atoms with Gasteiger partial charge in [-0.05, 0) is 30.3 Å². The van der Waals surface area contributed by atoms with E-state index in [0.29, 0.717) is 23.1 Å². The number of halogens is 2. The van der Waals surface area contributed by atoms with Gasteiger partial charge in [-0.1, -0.05) is 0 Å². The number of carbonyl (C=O) groups excluding carboxylic acids is 2. The summed E-state index contributed by atoms with van der Waals surface area (Å²) >= 11 is 0. The number of ether oxygens (including phenoxy) is 1. The third kappa shape index (κ3) is 4.34. The summed E-state index contributed by atoms with van der Waals surface area (Å²) in [6.07, 6.45) is 0.226. The van der Waals surface area contributed by atoms with E-state index in [4.69, 9.17) is 10.5 Å². The molecule has 178 valence electrons. The van der Waals surface area contributed by atoms with Gasteiger partial charge in [0, 0.05) is 36.8 Å². The summed E-state index contributed by atoms with van der Waals surface area (Å²) in [4.78, 5) is 24.2. The van der Waals surface area contributed by atoms with Crippen LogP contribution in [0.5, 0.6) is 5.75 Å². The van der Waals surface area contributed by atoms with Crippen LogP contribution in [-0.4, -0.2) is 48.4 Å². The van der Waals surface area contributed by atoms with Gasteiger partial charge in [-0.15, -0.1) is 0 Å². The quantitative estimate of drug-likeness (QED) is 0.479. The highest BCUT2D eigenvalue weighted by Gasteiger charge is 2.32. The maximum absolute atomic E-state index is 13.6. The molecule has 10 nitrogen and oxygen atoms in total. The van der Waals surface area contributed by atoms with Gasteiger partial charge in [-0.3, -0.25) is 14.7 Å². The van der Waals surface area contributed by atoms with E-state index in [1.807, 2.05) is 0 Å². The number of nitrogens with one attached hydrogen (secondary N) is 2. The van der Waals surface area contributed by atoms with Crippen molar-refractivity contribution < 1.29 is 31.5 Å². The van der Waals surface area contributed by atoms with Crippen LogP contribution in [0.4, 0.5) is 14.6 Å². The van der Waals surface area contributed by atoms with Gasteiger partial charge >= 0.3 is 0 Å². The SMILES string of the molecule is COc1ccc(C(=O)Nc2n[nH]c3c2CN(S(=O)(=O)c2cc(F)cc(F)c2)CC3)c(C(N)=O)c1. The molecule has 0 fully saturated rings. The molecular weight excluding hydrogens is 472 g/mol. The molecule has 2 amide bonds. The zero-order valence-corrected chi connectivity index (χ0v) is 18.6. The number of amides is 2. The topological polar surface area (TPSA) is 147 Å². The van der Waals surface area contributed by atoms with Gasteiger partial charge < -0.3 is 15.8 Å². The Hall–Kier alpha value is -3.84. The predicted molar refractivity (Wildman–Crippen MR) is 116 cm³/mol. The van der Waals surface area contributed by atoms with Crippen LogP contribution in [0.1, 0.15) is 32.0 Å². The van der Waals surface area contributed by atoms with E-state index in [2.05, 4.69) is 15.5 Å². The number of methoxy groups -OCH3 is 1. The van der Waals surface area contributed by atoms with Crippen LogP contribution in [-0.2, 0) is 23.0 Å². The molecule has 0 unspecified atom stereocenters. The van der Waals surface area contributed by atoms with Crippen molar-refractivity contribution in [3.8, 4) is 5.75 Å². The number of aromatic nitrogens is 2. The number of sulfonamides is 1. The van der Waals surface area contributed by atoms with Crippen molar-refractivity contribution in [2.24, 2.45) is 5.73 Å². The summed E-state index contributed by atoms with van der Waals surface area (Å²) in [5.74, 6) is -3.19. The van der Waals surface area contributed by atoms with Gasteiger partial charge in [-0.2, -0.15) is 9.40 Å². The molecule has 13 heteroatoms. The van der Waals surface area contributed by atoms with Crippen molar-refractivity contribution in [1.82, 2.24) is 14.5 Å². The smallest absolute Gasteiger partial charge is 0.257 e. The van der Waals surface area contributed by atoms with Gasteiger partial charge in [0.2, 0.25) is 15.9 Å². The molecule has 2 aromatic carbocycles. The number of fused-ring (bicyclic) bond motifs is 1. The number of rotatable bonds is 6. The average Bonchev–Trinajstić information content (AvgIpc) is 3.19. The maximum atomic E-state index is 13.6. The fourth-order valence-corrected chi connectivity index (χ4v) is 5.08. The second kappa shape index (κ2) is 8.83. The van der Waals surface area contributed by atoms with Crippen molar-refractivity contribution in [3.63, 3.8) is 0 Å². The Kier molecular flexibility index (Phi) is 6.06. The minimum absolute atomic E-state index is 0.0272. The molecule has 1 aliphatic heterocycles. The second-order valence-electron chi connectivity index (χ2n) is 7.45. The van der Waals surface area contributed by atoms with Crippen LogP contribution >= 0.6 is 0 Å². The van der Waals surface area contributed by atoms with Crippen molar-refractivity contribution in [3.05, 3.63) is 70.4 Å². The first kappa shape index (κ1) is 23.3. The Labute approximate surface area is 192 Å². The Morgan fingerprint density at radius 2 is 1.85 bits per heavy atom. The summed E-state index contributed by atoms with van der Waals surface area (Å²) in [5, 5.41) is 9.36. The average molecular weight is 491 g/mol. The Balaban J connectivity index is 1.61. The minimum Gasteiger partial charge on any atom is -0.497 e. The van der Waals surface area contributed by atoms with Crippen LogP contribution in [0.3, 0.4) is 0 Å². The molecular formula is C21H19F2N5O5S. The van der Waals surface area contributed by atoms with Gasteiger partial charge in [0.25, 0.3) is 5.91 Å². The molecule has 0 spiro atoms. The van der Waals surface area contributed by atoms with E-state index < -0.39 is 38.4 Å². The number of carbonyl (C=O) groups is 2. The highest BCUT2D eigenvalue weighted by Crippen LogP contribution is 2.29. The lowest BCUT2D eigenvalue weighted by Gasteiger charge is -2.26. The highest BCUT2D eigenvalue weighted by molar-refractivity contribution is 7.89. The second-order valence-corrected chi connectivity index (χ2v) is 9.39. The first-order chi connectivity index (χ1) is 16.1. The highest BCUT2D eigenvalue weighted by atomic mass is 32.2. The minimum atomic E-state index is -4.23. The normalized spacial score (nSPS) is 13.9. The molecule has 0 saturated carbocycles. The summed E-state index contributed by atoms with van der Waals surface area (Å²) < 4.78 is 59.2. The molecule has 2 heterocycles. The van der Waals surface area contributed by atoms with Gasteiger partial charge in [-0.25, -0.2) is 17.2 Å². The maximum Gasteiger partial charge on any atom is 0.257 e. The Morgan fingerprint density at radius 1 is 1.15 bits per heavy atom. The van der Waals surface area contributed by atoms with E-state index in [9.17, 15) is 26.8 Å². The zero-order chi connectivity index (χ0) is 24.6. The number of anilines is 1. The lowest BCUT2D eigenvalue weighted by molar-refractivity contribution is 0.0976. The van der Waals surface area contributed by atoms with Crippen LogP contribution in [0.25, 0.3) is 0 Å². The van der Waals surface area contributed by atoms with Crippen molar-refractivity contribution >= 4 is 27.7 Å².